The number of nitro groups is 1. The van der Waals surface area contributed by atoms with Crippen molar-refractivity contribution >= 4 is 22.6 Å². The number of amidine groups is 1. The van der Waals surface area contributed by atoms with Crippen molar-refractivity contribution in [3.05, 3.63) is 33.9 Å². The van der Waals surface area contributed by atoms with E-state index in [1.54, 1.807) is 26.1 Å². The molecular formula is C15H16N4O4S. The van der Waals surface area contributed by atoms with Crippen LogP contribution in [0.3, 0.4) is 0 Å². The zero-order chi connectivity index (χ0) is 17.5. The SMILES string of the molecule is CC1(C)Oc2ccc([N+](=O)[O-])cc2C(N2CCSC2=NC#N)C1O. The van der Waals surface area contributed by atoms with Gasteiger partial charge in [0.25, 0.3) is 5.69 Å². The molecule has 24 heavy (non-hydrogen) atoms. The molecule has 9 heteroatoms. The number of benzene rings is 1. The number of hydrogen-bond donors (Lipinski definition) is 1. The maximum atomic E-state index is 11.1. The quantitative estimate of drug-likeness (QED) is 0.494. The van der Waals surface area contributed by atoms with Gasteiger partial charge < -0.3 is 14.7 Å². The average molecular weight is 348 g/mol. The number of aliphatic imine (C=N–C) groups is 1. The molecule has 1 aromatic rings. The average Bonchev–Trinajstić information content (AvgIpc) is 2.96. The van der Waals surface area contributed by atoms with Gasteiger partial charge in [0, 0.05) is 30.0 Å². The van der Waals surface area contributed by atoms with Gasteiger partial charge in [0.2, 0.25) is 6.19 Å². The highest BCUT2D eigenvalue weighted by Gasteiger charge is 2.47. The second-order valence-electron chi connectivity index (χ2n) is 6.11. The lowest BCUT2D eigenvalue weighted by atomic mass is 9.85. The maximum absolute atomic E-state index is 11.1. The van der Waals surface area contributed by atoms with Crippen LogP contribution in [0.5, 0.6) is 5.75 Å². The molecule has 1 N–H and O–H groups in total. The normalized spacial score (nSPS) is 26.6. The second-order valence-corrected chi connectivity index (χ2v) is 7.17. The minimum Gasteiger partial charge on any atom is -0.485 e. The van der Waals surface area contributed by atoms with Crippen molar-refractivity contribution in [1.82, 2.24) is 4.90 Å². The van der Waals surface area contributed by atoms with E-state index >= 15 is 0 Å². The summed E-state index contributed by atoms with van der Waals surface area (Å²) in [5.41, 5.74) is -0.414. The van der Waals surface area contributed by atoms with Crippen molar-refractivity contribution in [1.29, 1.82) is 5.26 Å². The number of nitriles is 1. The molecule has 1 saturated heterocycles. The number of aliphatic hydroxyl groups excluding tert-OH is 1. The van der Waals surface area contributed by atoms with Crippen LogP contribution in [-0.4, -0.2) is 44.1 Å². The monoisotopic (exact) mass is 348 g/mol. The van der Waals surface area contributed by atoms with Gasteiger partial charge in [0.15, 0.2) is 5.17 Å². The molecule has 8 nitrogen and oxygen atoms in total. The molecule has 0 aromatic heterocycles. The fourth-order valence-corrected chi connectivity index (χ4v) is 3.96. The molecule has 1 fully saturated rings. The fraction of sp³-hybridized carbons (Fsp3) is 0.467. The van der Waals surface area contributed by atoms with Gasteiger partial charge in [-0.1, -0.05) is 11.8 Å². The van der Waals surface area contributed by atoms with Gasteiger partial charge >= 0.3 is 0 Å². The minimum atomic E-state index is -0.936. The van der Waals surface area contributed by atoms with Gasteiger partial charge in [-0.3, -0.25) is 10.1 Å². The molecule has 1 aromatic carbocycles. The number of rotatable bonds is 2. The van der Waals surface area contributed by atoms with E-state index in [0.29, 0.717) is 23.0 Å². The van der Waals surface area contributed by atoms with E-state index in [9.17, 15) is 15.2 Å². The minimum absolute atomic E-state index is 0.0696. The van der Waals surface area contributed by atoms with Crippen LogP contribution in [0, 0.1) is 21.6 Å². The van der Waals surface area contributed by atoms with E-state index < -0.39 is 22.7 Å². The van der Waals surface area contributed by atoms with Crippen molar-refractivity contribution < 1.29 is 14.8 Å². The molecule has 0 radical (unpaired) electrons. The summed E-state index contributed by atoms with van der Waals surface area (Å²) in [5, 5.41) is 31.3. The Bertz CT molecular complexity index is 758. The molecule has 2 unspecified atom stereocenters. The number of fused-ring (bicyclic) bond motifs is 1. The van der Waals surface area contributed by atoms with Crippen LogP contribution in [0.1, 0.15) is 25.5 Å². The summed E-state index contributed by atoms with van der Waals surface area (Å²) in [7, 11) is 0. The first-order valence-electron chi connectivity index (χ1n) is 7.37. The topological polar surface area (TPSA) is 112 Å². The maximum Gasteiger partial charge on any atom is 0.270 e. The summed E-state index contributed by atoms with van der Waals surface area (Å²) >= 11 is 1.42. The highest BCUT2D eigenvalue weighted by molar-refractivity contribution is 8.14. The third-order valence-electron chi connectivity index (χ3n) is 4.20. The van der Waals surface area contributed by atoms with Crippen LogP contribution < -0.4 is 4.74 Å². The van der Waals surface area contributed by atoms with Crippen LogP contribution in [-0.2, 0) is 0 Å². The number of ether oxygens (including phenoxy) is 1. The number of nitrogens with zero attached hydrogens (tertiary/aromatic N) is 4. The number of nitro benzene ring substituents is 1. The van der Waals surface area contributed by atoms with Gasteiger partial charge in [-0.05, 0) is 19.9 Å². The number of hydrogen-bond acceptors (Lipinski definition) is 7. The van der Waals surface area contributed by atoms with E-state index in [4.69, 9.17) is 10.00 Å². The molecule has 0 aliphatic carbocycles. The molecule has 2 heterocycles. The van der Waals surface area contributed by atoms with E-state index in [0.717, 1.165) is 5.75 Å². The van der Waals surface area contributed by atoms with Crippen molar-refractivity contribution in [3.8, 4) is 11.9 Å². The van der Waals surface area contributed by atoms with Crippen LogP contribution in [0.25, 0.3) is 0 Å². The van der Waals surface area contributed by atoms with Crippen molar-refractivity contribution in [2.75, 3.05) is 12.3 Å². The summed E-state index contributed by atoms with van der Waals surface area (Å²) < 4.78 is 5.84. The number of non-ortho nitro benzene ring substituents is 1. The van der Waals surface area contributed by atoms with Gasteiger partial charge in [0.1, 0.15) is 17.5 Å². The molecular weight excluding hydrogens is 332 g/mol. The van der Waals surface area contributed by atoms with E-state index in [-0.39, 0.29) is 5.69 Å². The van der Waals surface area contributed by atoms with E-state index in [1.807, 2.05) is 4.90 Å². The molecule has 2 aliphatic heterocycles. The summed E-state index contributed by atoms with van der Waals surface area (Å²) in [6, 6.07) is 3.79. The smallest absolute Gasteiger partial charge is 0.270 e. The Morgan fingerprint density at radius 2 is 2.33 bits per heavy atom. The highest BCUT2D eigenvalue weighted by Crippen LogP contribution is 2.45. The molecule has 2 aliphatic rings. The zero-order valence-corrected chi connectivity index (χ0v) is 14.0. The van der Waals surface area contributed by atoms with Crippen molar-refractivity contribution in [2.45, 2.75) is 31.6 Å². The van der Waals surface area contributed by atoms with E-state index in [1.165, 1.54) is 23.9 Å². The second kappa shape index (κ2) is 5.96. The summed E-state index contributed by atoms with van der Waals surface area (Å²) in [5.74, 6) is 1.23. The predicted molar refractivity (Wildman–Crippen MR) is 88.8 cm³/mol. The summed E-state index contributed by atoms with van der Waals surface area (Å²) in [6.45, 7) is 4.11. The standard InChI is InChI=1S/C15H16N4O4S/c1-15(2)13(20)12(18-5-6-24-14(18)17-8-16)10-7-9(19(21)22)3-4-11(10)23-15/h3-4,7,12-13,20H,5-6H2,1-2H3. The van der Waals surface area contributed by atoms with Gasteiger partial charge in [-0.15, -0.1) is 4.99 Å². The number of aliphatic hydroxyl groups is 1. The fourth-order valence-electron chi connectivity index (χ4n) is 3.02. The van der Waals surface area contributed by atoms with Crippen LogP contribution in [0.2, 0.25) is 0 Å². The Kier molecular flexibility index (Phi) is 4.11. The molecule has 3 rings (SSSR count). The van der Waals surface area contributed by atoms with Gasteiger partial charge in [-0.25, -0.2) is 0 Å². The highest BCUT2D eigenvalue weighted by atomic mass is 32.2. The summed E-state index contributed by atoms with van der Waals surface area (Å²) in [6.07, 6.45) is 0.837. The van der Waals surface area contributed by atoms with Crippen LogP contribution in [0.4, 0.5) is 5.69 Å². The Morgan fingerprint density at radius 3 is 3.00 bits per heavy atom. The largest absolute Gasteiger partial charge is 0.485 e. The Balaban J connectivity index is 2.13. The molecule has 2 atom stereocenters. The third kappa shape index (κ3) is 2.68. The van der Waals surface area contributed by atoms with Gasteiger partial charge in [0.05, 0.1) is 11.0 Å². The van der Waals surface area contributed by atoms with Crippen molar-refractivity contribution in [2.24, 2.45) is 4.99 Å². The molecule has 0 amide bonds. The predicted octanol–water partition coefficient (Wildman–Crippen LogP) is 2.05. The third-order valence-corrected chi connectivity index (χ3v) is 5.17. The first kappa shape index (κ1) is 16.5. The molecule has 0 bridgehead atoms. The Labute approximate surface area is 142 Å². The number of thioether (sulfide) groups is 1. The summed E-state index contributed by atoms with van der Waals surface area (Å²) in [4.78, 5) is 16.3. The molecule has 0 saturated carbocycles. The lowest BCUT2D eigenvalue weighted by Gasteiger charge is -2.45. The van der Waals surface area contributed by atoms with Crippen LogP contribution in [0.15, 0.2) is 23.2 Å². The van der Waals surface area contributed by atoms with Crippen LogP contribution >= 0.6 is 11.8 Å². The van der Waals surface area contributed by atoms with Crippen molar-refractivity contribution in [3.63, 3.8) is 0 Å². The molecule has 0 spiro atoms. The Hall–Kier alpha value is -2.31. The molecule has 126 valence electrons. The lowest BCUT2D eigenvalue weighted by molar-refractivity contribution is -0.385. The van der Waals surface area contributed by atoms with E-state index in [2.05, 4.69) is 4.99 Å². The zero-order valence-electron chi connectivity index (χ0n) is 13.2. The Morgan fingerprint density at radius 1 is 1.58 bits per heavy atom. The van der Waals surface area contributed by atoms with Gasteiger partial charge in [-0.2, -0.15) is 5.26 Å². The lowest BCUT2D eigenvalue weighted by Crippen LogP contribution is -2.53. The first-order valence-corrected chi connectivity index (χ1v) is 8.35. The first-order chi connectivity index (χ1) is 11.3.